The van der Waals surface area contributed by atoms with E-state index in [1.165, 1.54) is 16.0 Å². The van der Waals surface area contributed by atoms with Gasteiger partial charge in [-0.3, -0.25) is 0 Å². The maximum atomic E-state index is 5.91. The van der Waals surface area contributed by atoms with Crippen LogP contribution in [-0.4, -0.2) is 6.61 Å². The van der Waals surface area contributed by atoms with Gasteiger partial charge >= 0.3 is 0 Å². The first kappa shape index (κ1) is 13.8. The van der Waals surface area contributed by atoms with Gasteiger partial charge in [0.15, 0.2) is 0 Å². The lowest BCUT2D eigenvalue weighted by Gasteiger charge is -2.10. The van der Waals surface area contributed by atoms with Crippen molar-refractivity contribution in [3.05, 3.63) is 47.5 Å². The maximum absolute atomic E-state index is 5.91. The fourth-order valence-electron chi connectivity index (χ4n) is 1.94. The highest BCUT2D eigenvalue weighted by Gasteiger charge is 2.04. The van der Waals surface area contributed by atoms with Gasteiger partial charge in [0, 0.05) is 21.5 Å². The van der Waals surface area contributed by atoms with Crippen molar-refractivity contribution in [3.8, 4) is 5.75 Å². The summed E-state index contributed by atoms with van der Waals surface area (Å²) in [7, 11) is 0. The monoisotopic (exact) mass is 273 g/mol. The highest BCUT2D eigenvalue weighted by molar-refractivity contribution is 7.99. The average molecular weight is 273 g/mol. The largest absolute Gasteiger partial charge is 0.494 e. The average Bonchev–Trinajstić information content (AvgIpc) is 2.32. The quantitative estimate of drug-likeness (QED) is 0.837. The molecule has 0 radical (unpaired) electrons. The van der Waals surface area contributed by atoms with Crippen LogP contribution in [0.1, 0.15) is 18.1 Å². The van der Waals surface area contributed by atoms with Crippen LogP contribution in [-0.2, 0) is 0 Å². The zero-order valence-corrected chi connectivity index (χ0v) is 12.4. The van der Waals surface area contributed by atoms with E-state index < -0.39 is 0 Å². The summed E-state index contributed by atoms with van der Waals surface area (Å²) < 4.78 is 5.52. The molecule has 2 nitrogen and oxygen atoms in total. The van der Waals surface area contributed by atoms with E-state index in [9.17, 15) is 0 Å². The summed E-state index contributed by atoms with van der Waals surface area (Å²) >= 11 is 1.72. The van der Waals surface area contributed by atoms with Gasteiger partial charge in [0.1, 0.15) is 5.75 Å². The first-order valence-electron chi connectivity index (χ1n) is 6.37. The standard InChI is InChI=1S/C16H19NOS/c1-4-18-14-8-13(17)9-15(10-14)19-16-6-5-11(2)7-12(16)3/h5-10H,4,17H2,1-3H3. The summed E-state index contributed by atoms with van der Waals surface area (Å²) in [5, 5.41) is 0. The SMILES string of the molecule is CCOc1cc(N)cc(Sc2ccc(C)cc2C)c1. The van der Waals surface area contributed by atoms with Gasteiger partial charge in [0.2, 0.25) is 0 Å². The lowest BCUT2D eigenvalue weighted by molar-refractivity contribution is 0.339. The van der Waals surface area contributed by atoms with E-state index in [0.717, 1.165) is 16.3 Å². The normalized spacial score (nSPS) is 10.5. The molecule has 2 aromatic carbocycles. The molecule has 0 amide bonds. The zero-order valence-electron chi connectivity index (χ0n) is 11.6. The molecule has 0 saturated carbocycles. The van der Waals surface area contributed by atoms with Crippen molar-refractivity contribution >= 4 is 17.4 Å². The number of ether oxygens (including phenoxy) is 1. The molecule has 0 fully saturated rings. The van der Waals surface area contributed by atoms with E-state index >= 15 is 0 Å². The Morgan fingerprint density at radius 2 is 1.89 bits per heavy atom. The van der Waals surface area contributed by atoms with Crippen molar-refractivity contribution in [2.75, 3.05) is 12.3 Å². The third kappa shape index (κ3) is 3.67. The van der Waals surface area contributed by atoms with E-state index in [1.54, 1.807) is 11.8 Å². The minimum absolute atomic E-state index is 0.650. The minimum atomic E-state index is 0.650. The fraction of sp³-hybridized carbons (Fsp3) is 0.250. The highest BCUT2D eigenvalue weighted by atomic mass is 32.2. The van der Waals surface area contributed by atoms with Crippen LogP contribution in [0.25, 0.3) is 0 Å². The summed E-state index contributed by atoms with van der Waals surface area (Å²) in [4.78, 5) is 2.36. The summed E-state index contributed by atoms with van der Waals surface area (Å²) in [6.45, 7) is 6.86. The molecule has 0 aliphatic rings. The molecule has 0 bridgehead atoms. The van der Waals surface area contributed by atoms with Crippen molar-refractivity contribution in [3.63, 3.8) is 0 Å². The maximum Gasteiger partial charge on any atom is 0.122 e. The number of nitrogens with two attached hydrogens (primary N) is 1. The molecule has 2 N–H and O–H groups in total. The van der Waals surface area contributed by atoms with Crippen LogP contribution in [0.2, 0.25) is 0 Å². The van der Waals surface area contributed by atoms with Gasteiger partial charge in [0.25, 0.3) is 0 Å². The molecule has 2 aromatic rings. The fourth-order valence-corrected chi connectivity index (χ4v) is 2.92. The predicted molar refractivity (Wildman–Crippen MR) is 82.1 cm³/mol. The molecular weight excluding hydrogens is 254 g/mol. The molecule has 19 heavy (non-hydrogen) atoms. The van der Waals surface area contributed by atoms with Crippen molar-refractivity contribution in [1.82, 2.24) is 0 Å². The molecule has 0 unspecified atom stereocenters. The summed E-state index contributed by atoms with van der Waals surface area (Å²) in [6, 6.07) is 12.3. The molecule has 0 heterocycles. The van der Waals surface area contributed by atoms with E-state index in [2.05, 4.69) is 32.0 Å². The second-order valence-corrected chi connectivity index (χ2v) is 5.66. The summed E-state index contributed by atoms with van der Waals surface area (Å²) in [5.41, 5.74) is 9.21. The Hall–Kier alpha value is -1.61. The number of aryl methyl sites for hydroxylation is 2. The van der Waals surface area contributed by atoms with Gasteiger partial charge in [0.05, 0.1) is 6.61 Å². The Kier molecular flexibility index (Phi) is 4.38. The molecule has 0 aliphatic heterocycles. The number of anilines is 1. The number of nitrogen functional groups attached to an aromatic ring is 1. The molecule has 3 heteroatoms. The first-order valence-corrected chi connectivity index (χ1v) is 7.18. The summed E-state index contributed by atoms with van der Waals surface area (Å²) in [5.74, 6) is 0.828. The van der Waals surface area contributed by atoms with Crippen LogP contribution in [0.15, 0.2) is 46.2 Å². The second-order valence-electron chi connectivity index (χ2n) is 4.54. The van der Waals surface area contributed by atoms with E-state index in [1.807, 2.05) is 25.1 Å². The van der Waals surface area contributed by atoms with E-state index in [0.29, 0.717) is 6.61 Å². The van der Waals surface area contributed by atoms with E-state index in [-0.39, 0.29) is 0 Å². The van der Waals surface area contributed by atoms with Gasteiger partial charge in [-0.2, -0.15) is 0 Å². The van der Waals surface area contributed by atoms with Gasteiger partial charge in [-0.25, -0.2) is 0 Å². The molecule has 2 rings (SSSR count). The van der Waals surface area contributed by atoms with E-state index in [4.69, 9.17) is 10.5 Å². The Balaban J connectivity index is 2.27. The van der Waals surface area contributed by atoms with Crippen LogP contribution in [0.4, 0.5) is 5.69 Å². The summed E-state index contributed by atoms with van der Waals surface area (Å²) in [6.07, 6.45) is 0. The van der Waals surface area contributed by atoms with Gasteiger partial charge < -0.3 is 10.5 Å². The number of benzene rings is 2. The van der Waals surface area contributed by atoms with Gasteiger partial charge in [-0.15, -0.1) is 0 Å². The number of hydrogen-bond donors (Lipinski definition) is 1. The van der Waals surface area contributed by atoms with Crippen molar-refractivity contribution in [2.45, 2.75) is 30.6 Å². The predicted octanol–water partition coefficient (Wildman–Crippen LogP) is 4.44. The second kappa shape index (κ2) is 6.02. The van der Waals surface area contributed by atoms with Crippen molar-refractivity contribution < 1.29 is 4.74 Å². The van der Waals surface area contributed by atoms with Crippen molar-refractivity contribution in [1.29, 1.82) is 0 Å². The molecule has 0 aliphatic carbocycles. The van der Waals surface area contributed by atoms with Crippen LogP contribution in [0.3, 0.4) is 0 Å². The molecule has 100 valence electrons. The van der Waals surface area contributed by atoms with Gasteiger partial charge in [-0.05, 0) is 44.5 Å². The first-order chi connectivity index (χ1) is 9.08. The highest BCUT2D eigenvalue weighted by Crippen LogP contribution is 2.34. The molecule has 0 aromatic heterocycles. The third-order valence-corrected chi connectivity index (χ3v) is 3.92. The smallest absolute Gasteiger partial charge is 0.122 e. The Bertz CT molecular complexity index is 581. The molecule has 0 spiro atoms. The van der Waals surface area contributed by atoms with Crippen molar-refractivity contribution in [2.24, 2.45) is 0 Å². The van der Waals surface area contributed by atoms with Crippen LogP contribution >= 0.6 is 11.8 Å². The van der Waals surface area contributed by atoms with Crippen LogP contribution in [0, 0.1) is 13.8 Å². The minimum Gasteiger partial charge on any atom is -0.494 e. The number of rotatable bonds is 4. The van der Waals surface area contributed by atoms with Crippen LogP contribution in [0.5, 0.6) is 5.75 Å². The molecule has 0 saturated heterocycles. The Morgan fingerprint density at radius 1 is 1.11 bits per heavy atom. The Labute approximate surface area is 119 Å². The van der Waals surface area contributed by atoms with Gasteiger partial charge in [-0.1, -0.05) is 29.5 Å². The number of hydrogen-bond acceptors (Lipinski definition) is 3. The lowest BCUT2D eigenvalue weighted by Crippen LogP contribution is -1.94. The Morgan fingerprint density at radius 3 is 2.58 bits per heavy atom. The third-order valence-electron chi connectivity index (χ3n) is 2.77. The lowest BCUT2D eigenvalue weighted by atomic mass is 10.2. The molecule has 0 atom stereocenters. The zero-order chi connectivity index (χ0) is 13.8. The molecular formula is C16H19NOS. The topological polar surface area (TPSA) is 35.2 Å². The van der Waals surface area contributed by atoms with Crippen LogP contribution < -0.4 is 10.5 Å².